The quantitative estimate of drug-likeness (QED) is 0.806. The highest BCUT2D eigenvalue weighted by Gasteiger charge is 2.36. The number of hydrogen-bond acceptors (Lipinski definition) is 3. The molecule has 0 amide bonds. The van der Waals surface area contributed by atoms with E-state index in [2.05, 4.69) is 4.98 Å². The Labute approximate surface area is 134 Å². The van der Waals surface area contributed by atoms with Gasteiger partial charge in [-0.05, 0) is 50.1 Å². The number of benzene rings is 1. The van der Waals surface area contributed by atoms with E-state index in [-0.39, 0.29) is 23.9 Å². The van der Waals surface area contributed by atoms with E-state index in [0.717, 1.165) is 18.5 Å². The number of methoxy groups -OCH3 is 1. The summed E-state index contributed by atoms with van der Waals surface area (Å²) >= 11 is 0. The highest BCUT2D eigenvalue weighted by Crippen LogP contribution is 2.44. The van der Waals surface area contributed by atoms with Crippen LogP contribution in [0.15, 0.2) is 36.5 Å². The van der Waals surface area contributed by atoms with Gasteiger partial charge in [-0.1, -0.05) is 6.07 Å². The topological polar surface area (TPSA) is 25.4 Å². The molecule has 1 unspecified atom stereocenters. The number of halogens is 2. The molecule has 1 atom stereocenters. The molecule has 0 aliphatic heterocycles. The molecule has 3 nitrogen and oxygen atoms in total. The lowest BCUT2D eigenvalue weighted by molar-refractivity contribution is 0.202. The summed E-state index contributed by atoms with van der Waals surface area (Å²) in [7, 11) is 3.26. The van der Waals surface area contributed by atoms with E-state index in [1.807, 2.05) is 30.1 Å². The van der Waals surface area contributed by atoms with Gasteiger partial charge in [0.1, 0.15) is 5.82 Å². The Morgan fingerprint density at radius 3 is 2.65 bits per heavy atom. The van der Waals surface area contributed by atoms with Crippen LogP contribution in [0.1, 0.15) is 30.1 Å². The number of pyridine rings is 1. The number of aromatic nitrogens is 1. The van der Waals surface area contributed by atoms with Gasteiger partial charge in [-0.25, -0.2) is 8.78 Å². The van der Waals surface area contributed by atoms with E-state index in [0.29, 0.717) is 5.92 Å². The standard InChI is InChI=1S/C18H20F2N2O/c1-22(11-13-14(19)8-9-16(23-2)17(13)20)18(12-6-7-12)15-5-3-4-10-21-15/h3-5,8-10,12,18H,6-7,11H2,1-2H3. The van der Waals surface area contributed by atoms with Crippen LogP contribution in [0.4, 0.5) is 8.78 Å². The van der Waals surface area contributed by atoms with Crippen molar-refractivity contribution >= 4 is 0 Å². The van der Waals surface area contributed by atoms with E-state index in [1.165, 1.54) is 19.2 Å². The van der Waals surface area contributed by atoms with Crippen LogP contribution >= 0.6 is 0 Å². The third kappa shape index (κ3) is 3.34. The van der Waals surface area contributed by atoms with Crippen molar-refractivity contribution in [2.45, 2.75) is 25.4 Å². The first-order chi connectivity index (χ1) is 11.1. The molecule has 0 bridgehead atoms. The average molecular weight is 318 g/mol. The maximum Gasteiger partial charge on any atom is 0.172 e. The highest BCUT2D eigenvalue weighted by atomic mass is 19.1. The molecule has 3 rings (SSSR count). The molecule has 0 spiro atoms. The van der Waals surface area contributed by atoms with E-state index >= 15 is 0 Å². The minimum atomic E-state index is -0.630. The van der Waals surface area contributed by atoms with Crippen molar-refractivity contribution in [2.24, 2.45) is 5.92 Å². The van der Waals surface area contributed by atoms with Gasteiger partial charge in [0.05, 0.1) is 18.8 Å². The van der Waals surface area contributed by atoms with Crippen molar-refractivity contribution in [1.29, 1.82) is 0 Å². The summed E-state index contributed by atoms with van der Waals surface area (Å²) in [6.45, 7) is 0.173. The third-order valence-electron chi connectivity index (χ3n) is 4.31. The molecule has 1 aliphatic rings. The predicted molar refractivity (Wildman–Crippen MR) is 84.1 cm³/mol. The van der Waals surface area contributed by atoms with Crippen LogP contribution in [0.25, 0.3) is 0 Å². The van der Waals surface area contributed by atoms with Gasteiger partial charge >= 0.3 is 0 Å². The lowest BCUT2D eigenvalue weighted by Gasteiger charge is -2.28. The van der Waals surface area contributed by atoms with E-state index < -0.39 is 11.6 Å². The minimum absolute atomic E-state index is 0.0356. The largest absolute Gasteiger partial charge is 0.494 e. The first-order valence-corrected chi connectivity index (χ1v) is 7.74. The molecule has 1 aliphatic carbocycles. The van der Waals surface area contributed by atoms with Crippen molar-refractivity contribution in [3.05, 3.63) is 59.4 Å². The molecular formula is C18H20F2N2O. The zero-order valence-corrected chi connectivity index (χ0v) is 13.3. The van der Waals surface area contributed by atoms with Crippen molar-refractivity contribution in [1.82, 2.24) is 9.88 Å². The van der Waals surface area contributed by atoms with E-state index in [1.54, 1.807) is 6.20 Å². The van der Waals surface area contributed by atoms with Crippen molar-refractivity contribution in [2.75, 3.05) is 14.2 Å². The zero-order chi connectivity index (χ0) is 16.4. The Hall–Kier alpha value is -2.01. The second-order valence-corrected chi connectivity index (χ2v) is 5.99. The van der Waals surface area contributed by atoms with Crippen LogP contribution in [0, 0.1) is 17.6 Å². The Kier molecular flexibility index (Phi) is 4.57. The van der Waals surface area contributed by atoms with E-state index in [9.17, 15) is 8.78 Å². The van der Waals surface area contributed by atoms with Gasteiger partial charge in [0, 0.05) is 18.3 Å². The molecule has 0 radical (unpaired) electrons. The van der Waals surface area contributed by atoms with Gasteiger partial charge < -0.3 is 4.74 Å². The second kappa shape index (κ2) is 6.62. The van der Waals surface area contributed by atoms with Gasteiger partial charge in [-0.15, -0.1) is 0 Å². The fourth-order valence-electron chi connectivity index (χ4n) is 3.02. The minimum Gasteiger partial charge on any atom is -0.494 e. The van der Waals surface area contributed by atoms with Crippen LogP contribution in [-0.4, -0.2) is 24.0 Å². The van der Waals surface area contributed by atoms with Gasteiger partial charge in [-0.3, -0.25) is 9.88 Å². The monoisotopic (exact) mass is 318 g/mol. The Bertz CT molecular complexity index is 674. The summed E-state index contributed by atoms with van der Waals surface area (Å²) in [4.78, 5) is 6.40. The summed E-state index contributed by atoms with van der Waals surface area (Å²) in [6, 6.07) is 8.41. The summed E-state index contributed by atoms with van der Waals surface area (Å²) < 4.78 is 33.4. The average Bonchev–Trinajstić information content (AvgIpc) is 3.38. The van der Waals surface area contributed by atoms with Crippen molar-refractivity contribution < 1.29 is 13.5 Å². The lowest BCUT2D eigenvalue weighted by Crippen LogP contribution is -2.27. The molecule has 122 valence electrons. The molecule has 1 aromatic carbocycles. The summed E-state index contributed by atoms with van der Waals surface area (Å²) in [5.41, 5.74) is 0.981. The van der Waals surface area contributed by atoms with Crippen LogP contribution < -0.4 is 4.74 Å². The first-order valence-electron chi connectivity index (χ1n) is 7.74. The molecule has 0 N–H and O–H groups in total. The zero-order valence-electron chi connectivity index (χ0n) is 13.3. The molecule has 2 aromatic rings. The third-order valence-corrected chi connectivity index (χ3v) is 4.31. The van der Waals surface area contributed by atoms with Gasteiger partial charge in [-0.2, -0.15) is 0 Å². The summed E-state index contributed by atoms with van der Waals surface area (Å²) in [5.74, 6) is -0.622. The van der Waals surface area contributed by atoms with Crippen LogP contribution in [0.2, 0.25) is 0 Å². The molecule has 1 fully saturated rings. The predicted octanol–water partition coefficient (Wildman–Crippen LogP) is 3.95. The molecule has 0 saturated heterocycles. The molecule has 1 aromatic heterocycles. The van der Waals surface area contributed by atoms with Gasteiger partial charge in [0.2, 0.25) is 0 Å². The summed E-state index contributed by atoms with van der Waals surface area (Å²) in [6.07, 6.45) is 3.99. The fourth-order valence-corrected chi connectivity index (χ4v) is 3.02. The first kappa shape index (κ1) is 15.9. The van der Waals surface area contributed by atoms with Gasteiger partial charge in [0.15, 0.2) is 11.6 Å². The highest BCUT2D eigenvalue weighted by molar-refractivity contribution is 5.32. The van der Waals surface area contributed by atoms with Crippen LogP contribution in [0.5, 0.6) is 5.75 Å². The molecule has 1 saturated carbocycles. The molecule has 23 heavy (non-hydrogen) atoms. The lowest BCUT2D eigenvalue weighted by atomic mass is 10.0. The van der Waals surface area contributed by atoms with Crippen molar-refractivity contribution in [3.8, 4) is 5.75 Å². The second-order valence-electron chi connectivity index (χ2n) is 5.99. The smallest absolute Gasteiger partial charge is 0.172 e. The Balaban J connectivity index is 1.87. The van der Waals surface area contributed by atoms with Crippen molar-refractivity contribution in [3.63, 3.8) is 0 Å². The molecule has 5 heteroatoms. The Morgan fingerprint density at radius 2 is 2.04 bits per heavy atom. The Morgan fingerprint density at radius 1 is 1.26 bits per heavy atom. The maximum absolute atomic E-state index is 14.4. The number of rotatable bonds is 6. The van der Waals surface area contributed by atoms with Gasteiger partial charge in [0.25, 0.3) is 0 Å². The SMILES string of the molecule is COc1ccc(F)c(CN(C)C(c2ccccn2)C2CC2)c1F. The fraction of sp³-hybridized carbons (Fsp3) is 0.389. The number of hydrogen-bond donors (Lipinski definition) is 0. The maximum atomic E-state index is 14.4. The van der Waals surface area contributed by atoms with Crippen LogP contribution in [-0.2, 0) is 6.54 Å². The molecular weight excluding hydrogens is 298 g/mol. The normalized spacial score (nSPS) is 15.7. The van der Waals surface area contributed by atoms with E-state index in [4.69, 9.17) is 4.74 Å². The van der Waals surface area contributed by atoms with Crippen LogP contribution in [0.3, 0.4) is 0 Å². The molecule has 1 heterocycles. The number of ether oxygens (including phenoxy) is 1. The number of nitrogens with zero attached hydrogens (tertiary/aromatic N) is 2. The summed E-state index contributed by atoms with van der Waals surface area (Å²) in [5, 5.41) is 0.